The fourth-order valence-electron chi connectivity index (χ4n) is 1.82. The predicted molar refractivity (Wildman–Crippen MR) is 59.3 cm³/mol. The molecule has 1 aromatic rings. The van der Waals surface area contributed by atoms with E-state index in [-0.39, 0.29) is 11.9 Å². The van der Waals surface area contributed by atoms with Crippen molar-refractivity contribution in [2.45, 2.75) is 19.3 Å². The number of amides is 1. The van der Waals surface area contributed by atoms with Gasteiger partial charge in [-0.1, -0.05) is 0 Å². The standard InChI is InChI=1S/C12H13NO3/c1-16-12(15)9-5-6-10-8(7-9)3-2-4-11(14)13-10/h5-7H,2-4H2,1H3,(H,13,14). The molecule has 1 aliphatic rings. The molecule has 0 aliphatic carbocycles. The molecule has 1 amide bonds. The number of carbonyl (C=O) groups is 2. The predicted octanol–water partition coefficient (Wildman–Crippen LogP) is 1.75. The molecule has 1 aliphatic heterocycles. The highest BCUT2D eigenvalue weighted by Gasteiger charge is 2.15. The number of methoxy groups -OCH3 is 1. The molecule has 0 unspecified atom stereocenters. The lowest BCUT2D eigenvalue weighted by molar-refractivity contribution is -0.116. The Labute approximate surface area is 93.6 Å². The molecule has 4 heteroatoms. The number of carbonyl (C=O) groups excluding carboxylic acids is 2. The third-order valence-electron chi connectivity index (χ3n) is 2.65. The van der Waals surface area contributed by atoms with Crippen molar-refractivity contribution in [3.63, 3.8) is 0 Å². The number of hydrogen-bond donors (Lipinski definition) is 1. The van der Waals surface area contributed by atoms with Gasteiger partial charge in [-0.05, 0) is 36.6 Å². The Morgan fingerprint density at radius 2 is 2.19 bits per heavy atom. The van der Waals surface area contributed by atoms with E-state index in [0.29, 0.717) is 12.0 Å². The van der Waals surface area contributed by atoms with Gasteiger partial charge in [-0.2, -0.15) is 0 Å². The van der Waals surface area contributed by atoms with Gasteiger partial charge in [0.1, 0.15) is 0 Å². The molecular weight excluding hydrogens is 206 g/mol. The van der Waals surface area contributed by atoms with E-state index in [9.17, 15) is 9.59 Å². The lowest BCUT2D eigenvalue weighted by Crippen LogP contribution is -2.09. The van der Waals surface area contributed by atoms with E-state index in [0.717, 1.165) is 24.1 Å². The van der Waals surface area contributed by atoms with E-state index in [1.165, 1.54) is 7.11 Å². The lowest BCUT2D eigenvalue weighted by atomic mass is 10.0. The Balaban J connectivity index is 2.35. The molecule has 1 N–H and O–H groups in total. The summed E-state index contributed by atoms with van der Waals surface area (Å²) in [6, 6.07) is 5.20. The maximum Gasteiger partial charge on any atom is 0.337 e. The molecule has 4 nitrogen and oxygen atoms in total. The number of nitrogens with one attached hydrogen (secondary N) is 1. The van der Waals surface area contributed by atoms with Gasteiger partial charge < -0.3 is 10.1 Å². The van der Waals surface area contributed by atoms with E-state index >= 15 is 0 Å². The van der Waals surface area contributed by atoms with E-state index in [4.69, 9.17) is 0 Å². The smallest absolute Gasteiger partial charge is 0.337 e. The van der Waals surface area contributed by atoms with Crippen LogP contribution in [0.25, 0.3) is 0 Å². The van der Waals surface area contributed by atoms with Gasteiger partial charge in [-0.25, -0.2) is 4.79 Å². The van der Waals surface area contributed by atoms with Crippen molar-refractivity contribution in [2.24, 2.45) is 0 Å². The number of esters is 1. The second kappa shape index (κ2) is 4.35. The fraction of sp³-hybridized carbons (Fsp3) is 0.333. The van der Waals surface area contributed by atoms with Crippen LogP contribution in [0.3, 0.4) is 0 Å². The zero-order chi connectivity index (χ0) is 11.5. The van der Waals surface area contributed by atoms with Crippen LogP contribution >= 0.6 is 0 Å². The Hall–Kier alpha value is -1.84. The molecule has 0 aromatic heterocycles. The first-order valence-corrected chi connectivity index (χ1v) is 5.22. The lowest BCUT2D eigenvalue weighted by Gasteiger charge is -2.07. The minimum absolute atomic E-state index is 0.0320. The molecule has 0 spiro atoms. The monoisotopic (exact) mass is 219 g/mol. The van der Waals surface area contributed by atoms with Gasteiger partial charge in [0.15, 0.2) is 0 Å². The number of rotatable bonds is 1. The number of hydrogen-bond acceptors (Lipinski definition) is 3. The van der Waals surface area contributed by atoms with Crippen molar-refractivity contribution in [1.29, 1.82) is 0 Å². The summed E-state index contributed by atoms with van der Waals surface area (Å²) in [5.41, 5.74) is 2.32. The molecule has 0 atom stereocenters. The second-order valence-electron chi connectivity index (χ2n) is 3.77. The quantitative estimate of drug-likeness (QED) is 0.732. The fourth-order valence-corrected chi connectivity index (χ4v) is 1.82. The third-order valence-corrected chi connectivity index (χ3v) is 2.65. The van der Waals surface area contributed by atoms with Gasteiger partial charge in [-0.3, -0.25) is 4.79 Å². The SMILES string of the molecule is COC(=O)c1ccc2c(c1)CCCC(=O)N2. The van der Waals surface area contributed by atoms with E-state index < -0.39 is 0 Å². The van der Waals surface area contributed by atoms with Crippen LogP contribution in [0, 0.1) is 0 Å². The highest BCUT2D eigenvalue weighted by Crippen LogP contribution is 2.23. The van der Waals surface area contributed by atoms with Crippen LogP contribution in [-0.4, -0.2) is 19.0 Å². The van der Waals surface area contributed by atoms with Crippen LogP contribution in [-0.2, 0) is 16.0 Å². The van der Waals surface area contributed by atoms with E-state index in [2.05, 4.69) is 10.1 Å². The molecule has 1 aromatic carbocycles. The van der Waals surface area contributed by atoms with Crippen LogP contribution < -0.4 is 5.32 Å². The number of benzene rings is 1. The highest BCUT2D eigenvalue weighted by atomic mass is 16.5. The molecule has 1 heterocycles. The zero-order valence-corrected chi connectivity index (χ0v) is 9.08. The Morgan fingerprint density at radius 3 is 2.94 bits per heavy atom. The second-order valence-corrected chi connectivity index (χ2v) is 3.77. The van der Waals surface area contributed by atoms with Crippen molar-refractivity contribution in [3.05, 3.63) is 29.3 Å². The van der Waals surface area contributed by atoms with Crippen LogP contribution in [0.1, 0.15) is 28.8 Å². The molecule has 0 fully saturated rings. The van der Waals surface area contributed by atoms with Crippen molar-refractivity contribution < 1.29 is 14.3 Å². The molecular formula is C12H13NO3. The van der Waals surface area contributed by atoms with Crippen LogP contribution in [0.5, 0.6) is 0 Å². The first-order chi connectivity index (χ1) is 7.70. The first-order valence-electron chi connectivity index (χ1n) is 5.22. The summed E-state index contributed by atoms with van der Waals surface area (Å²) >= 11 is 0. The van der Waals surface area contributed by atoms with E-state index in [1.54, 1.807) is 18.2 Å². The van der Waals surface area contributed by atoms with Gasteiger partial charge in [-0.15, -0.1) is 0 Å². The Morgan fingerprint density at radius 1 is 1.38 bits per heavy atom. The topological polar surface area (TPSA) is 55.4 Å². The number of aryl methyl sites for hydroxylation is 1. The van der Waals surface area contributed by atoms with Crippen molar-refractivity contribution in [3.8, 4) is 0 Å². The Bertz CT molecular complexity index is 440. The Kier molecular flexibility index (Phi) is 2.90. The number of fused-ring (bicyclic) bond motifs is 1. The summed E-state index contributed by atoms with van der Waals surface area (Å²) in [7, 11) is 1.36. The van der Waals surface area contributed by atoms with Crippen LogP contribution in [0.2, 0.25) is 0 Å². The maximum atomic E-state index is 11.3. The van der Waals surface area contributed by atoms with Gasteiger partial charge >= 0.3 is 5.97 Å². The average Bonchev–Trinajstić information content (AvgIpc) is 2.47. The first kappa shape index (κ1) is 10.7. The van der Waals surface area contributed by atoms with Crippen molar-refractivity contribution in [1.82, 2.24) is 0 Å². The van der Waals surface area contributed by atoms with Gasteiger partial charge in [0.05, 0.1) is 12.7 Å². The minimum atomic E-state index is -0.349. The van der Waals surface area contributed by atoms with Gasteiger partial charge in [0, 0.05) is 12.1 Å². The minimum Gasteiger partial charge on any atom is -0.465 e. The van der Waals surface area contributed by atoms with Crippen molar-refractivity contribution >= 4 is 17.6 Å². The van der Waals surface area contributed by atoms with E-state index in [1.807, 2.05) is 0 Å². The molecule has 84 valence electrons. The summed E-state index contributed by atoms with van der Waals surface area (Å²) in [6.45, 7) is 0. The third kappa shape index (κ3) is 2.05. The summed E-state index contributed by atoms with van der Waals surface area (Å²) in [4.78, 5) is 22.7. The summed E-state index contributed by atoms with van der Waals surface area (Å²) < 4.78 is 4.65. The zero-order valence-electron chi connectivity index (χ0n) is 9.08. The molecule has 16 heavy (non-hydrogen) atoms. The largest absolute Gasteiger partial charge is 0.465 e. The summed E-state index contributed by atoms with van der Waals surface area (Å²) in [6.07, 6.45) is 2.14. The molecule has 0 saturated heterocycles. The molecule has 0 bridgehead atoms. The normalized spacial score (nSPS) is 14.7. The van der Waals surface area contributed by atoms with Crippen molar-refractivity contribution in [2.75, 3.05) is 12.4 Å². The highest BCUT2D eigenvalue weighted by molar-refractivity contribution is 5.94. The number of ether oxygens (including phenoxy) is 1. The maximum absolute atomic E-state index is 11.3. The average molecular weight is 219 g/mol. The molecule has 0 saturated carbocycles. The summed E-state index contributed by atoms with van der Waals surface area (Å²) in [5, 5.41) is 2.82. The molecule has 2 rings (SSSR count). The van der Waals surface area contributed by atoms with Crippen LogP contribution in [0.4, 0.5) is 5.69 Å². The van der Waals surface area contributed by atoms with Gasteiger partial charge in [0.2, 0.25) is 5.91 Å². The van der Waals surface area contributed by atoms with Gasteiger partial charge in [0.25, 0.3) is 0 Å². The number of anilines is 1. The summed E-state index contributed by atoms with van der Waals surface area (Å²) in [5.74, 6) is -0.317. The van der Waals surface area contributed by atoms with Crippen LogP contribution in [0.15, 0.2) is 18.2 Å². The molecule has 0 radical (unpaired) electrons.